The zero-order chi connectivity index (χ0) is 20.1. The standard InChI is InChI=1S/C19H14ClNO5S2/c20-18-11-10-17(27-18)16(22)12-26-19(23)13-6-8-15(9-7-13)28(24,25)21-14-4-2-1-3-5-14/h1-11,21H,12H2. The van der Waals surface area contributed by atoms with Crippen molar-refractivity contribution in [2.45, 2.75) is 4.90 Å². The van der Waals surface area contributed by atoms with Crippen LogP contribution in [0.4, 0.5) is 5.69 Å². The van der Waals surface area contributed by atoms with Crippen molar-refractivity contribution in [1.82, 2.24) is 0 Å². The highest BCUT2D eigenvalue weighted by Gasteiger charge is 2.17. The van der Waals surface area contributed by atoms with Crippen LogP contribution in [0.25, 0.3) is 0 Å². The molecule has 9 heteroatoms. The maximum absolute atomic E-state index is 12.4. The maximum Gasteiger partial charge on any atom is 0.338 e. The van der Waals surface area contributed by atoms with Gasteiger partial charge in [0.1, 0.15) is 0 Å². The Morgan fingerprint density at radius 1 is 0.964 bits per heavy atom. The molecule has 144 valence electrons. The number of ketones is 1. The number of carbonyl (C=O) groups is 2. The lowest BCUT2D eigenvalue weighted by Crippen LogP contribution is -2.15. The van der Waals surface area contributed by atoms with Crippen molar-refractivity contribution in [2.75, 3.05) is 11.3 Å². The lowest BCUT2D eigenvalue weighted by atomic mass is 10.2. The van der Waals surface area contributed by atoms with E-state index in [-0.39, 0.29) is 16.2 Å². The topological polar surface area (TPSA) is 89.5 Å². The first-order valence-corrected chi connectivity index (χ1v) is 10.7. The van der Waals surface area contributed by atoms with E-state index in [4.69, 9.17) is 16.3 Å². The van der Waals surface area contributed by atoms with E-state index >= 15 is 0 Å². The molecule has 1 heterocycles. The van der Waals surface area contributed by atoms with Gasteiger partial charge >= 0.3 is 5.97 Å². The summed E-state index contributed by atoms with van der Waals surface area (Å²) < 4.78 is 32.6. The minimum atomic E-state index is -3.78. The van der Waals surface area contributed by atoms with E-state index in [1.54, 1.807) is 42.5 Å². The van der Waals surface area contributed by atoms with Crippen LogP contribution >= 0.6 is 22.9 Å². The van der Waals surface area contributed by atoms with Gasteiger partial charge in [-0.3, -0.25) is 9.52 Å². The second-order valence-corrected chi connectivity index (χ2v) is 9.00. The second-order valence-electron chi connectivity index (χ2n) is 5.60. The Morgan fingerprint density at radius 2 is 1.64 bits per heavy atom. The van der Waals surface area contributed by atoms with E-state index in [9.17, 15) is 18.0 Å². The molecule has 1 N–H and O–H groups in total. The summed E-state index contributed by atoms with van der Waals surface area (Å²) >= 11 is 6.87. The quantitative estimate of drug-likeness (QED) is 0.442. The Morgan fingerprint density at radius 3 is 2.25 bits per heavy atom. The molecule has 1 aromatic heterocycles. The van der Waals surface area contributed by atoms with Gasteiger partial charge in [-0.2, -0.15) is 0 Å². The number of carbonyl (C=O) groups excluding carboxylic acids is 2. The normalized spacial score (nSPS) is 11.0. The summed E-state index contributed by atoms with van der Waals surface area (Å²) in [5.41, 5.74) is 0.564. The minimum Gasteiger partial charge on any atom is -0.454 e. The van der Waals surface area contributed by atoms with Crippen LogP contribution < -0.4 is 4.72 Å². The summed E-state index contributed by atoms with van der Waals surface area (Å²) in [6.45, 7) is -0.425. The molecule has 0 saturated carbocycles. The first-order valence-electron chi connectivity index (χ1n) is 7.99. The third-order valence-electron chi connectivity index (χ3n) is 3.61. The summed E-state index contributed by atoms with van der Waals surface area (Å²) in [5, 5.41) is 0. The number of ether oxygens (including phenoxy) is 1. The largest absolute Gasteiger partial charge is 0.454 e. The number of hydrogen-bond acceptors (Lipinski definition) is 6. The van der Waals surface area contributed by atoms with Gasteiger partial charge in [0.05, 0.1) is 19.7 Å². The van der Waals surface area contributed by atoms with E-state index in [0.717, 1.165) is 11.3 Å². The first kappa shape index (κ1) is 20.1. The highest BCUT2D eigenvalue weighted by atomic mass is 35.5. The van der Waals surface area contributed by atoms with Gasteiger partial charge in [0.15, 0.2) is 6.61 Å². The number of thiophene rings is 1. The third kappa shape index (κ3) is 4.98. The van der Waals surface area contributed by atoms with Crippen molar-refractivity contribution in [3.05, 3.63) is 81.5 Å². The lowest BCUT2D eigenvalue weighted by Gasteiger charge is -2.08. The molecular weight excluding hydrogens is 422 g/mol. The van der Waals surface area contributed by atoms with Gasteiger partial charge in [-0.05, 0) is 48.5 Å². The molecule has 0 saturated heterocycles. The summed E-state index contributed by atoms with van der Waals surface area (Å²) in [6, 6.07) is 16.8. The fourth-order valence-corrected chi connectivity index (χ4v) is 4.27. The Bertz CT molecular complexity index is 1090. The van der Waals surface area contributed by atoms with E-state index < -0.39 is 22.6 Å². The molecule has 0 fully saturated rings. The SMILES string of the molecule is O=C(OCC(=O)c1ccc(Cl)s1)c1ccc(S(=O)(=O)Nc2ccccc2)cc1. The molecule has 6 nitrogen and oxygen atoms in total. The summed E-state index contributed by atoms with van der Waals surface area (Å²) in [4.78, 5) is 24.4. The van der Waals surface area contributed by atoms with Crippen molar-refractivity contribution >= 4 is 50.4 Å². The summed E-state index contributed by atoms with van der Waals surface area (Å²) in [6.07, 6.45) is 0. The fourth-order valence-electron chi connectivity index (χ4n) is 2.24. The molecule has 0 aliphatic carbocycles. The predicted molar refractivity (Wildman–Crippen MR) is 108 cm³/mol. The highest BCUT2D eigenvalue weighted by molar-refractivity contribution is 7.92. The van der Waals surface area contributed by atoms with Crippen LogP contribution in [-0.2, 0) is 14.8 Å². The molecular formula is C19H14ClNO5S2. The Hall–Kier alpha value is -2.68. The number of Topliss-reactive ketones (excluding diaryl/α,β-unsaturated/α-hetero) is 1. The number of benzene rings is 2. The number of sulfonamides is 1. The molecule has 0 aliphatic heterocycles. The van der Waals surface area contributed by atoms with Gasteiger partial charge < -0.3 is 4.74 Å². The van der Waals surface area contributed by atoms with Crippen LogP contribution in [0.1, 0.15) is 20.0 Å². The lowest BCUT2D eigenvalue weighted by molar-refractivity contribution is 0.0475. The Kier molecular flexibility index (Phi) is 6.13. The van der Waals surface area contributed by atoms with Crippen LogP contribution in [0.2, 0.25) is 4.34 Å². The number of hydrogen-bond donors (Lipinski definition) is 1. The Balaban J connectivity index is 1.63. The van der Waals surface area contributed by atoms with Gasteiger partial charge in [0.25, 0.3) is 10.0 Å². The smallest absolute Gasteiger partial charge is 0.338 e. The number of para-hydroxylation sites is 1. The number of anilines is 1. The second kappa shape index (κ2) is 8.55. The summed E-state index contributed by atoms with van der Waals surface area (Å²) in [5.74, 6) is -1.09. The zero-order valence-corrected chi connectivity index (χ0v) is 16.7. The van der Waals surface area contributed by atoms with Crippen LogP contribution in [0.5, 0.6) is 0 Å². The van der Waals surface area contributed by atoms with Gasteiger partial charge in [-0.15, -0.1) is 11.3 Å². The number of esters is 1. The molecule has 0 unspecified atom stereocenters. The van der Waals surface area contributed by atoms with Crippen molar-refractivity contribution in [3.63, 3.8) is 0 Å². The van der Waals surface area contributed by atoms with E-state index in [1.807, 2.05) is 0 Å². The summed E-state index contributed by atoms with van der Waals surface area (Å²) in [7, 11) is -3.78. The number of halogens is 1. The van der Waals surface area contributed by atoms with Crippen molar-refractivity contribution < 1.29 is 22.7 Å². The van der Waals surface area contributed by atoms with E-state index in [0.29, 0.717) is 14.9 Å². The van der Waals surface area contributed by atoms with E-state index in [2.05, 4.69) is 4.72 Å². The van der Waals surface area contributed by atoms with Crippen molar-refractivity contribution in [1.29, 1.82) is 0 Å². The Labute approximate surface area is 170 Å². The number of rotatable bonds is 7. The van der Waals surface area contributed by atoms with Crippen LogP contribution in [0, 0.1) is 0 Å². The predicted octanol–water partition coefficient (Wildman–Crippen LogP) is 4.24. The fraction of sp³-hybridized carbons (Fsp3) is 0.0526. The third-order valence-corrected chi connectivity index (χ3v) is 6.28. The van der Waals surface area contributed by atoms with Crippen molar-refractivity contribution in [3.8, 4) is 0 Å². The van der Waals surface area contributed by atoms with Gasteiger partial charge in [0.2, 0.25) is 5.78 Å². The molecule has 0 bridgehead atoms. The van der Waals surface area contributed by atoms with Gasteiger partial charge in [-0.1, -0.05) is 29.8 Å². The molecule has 0 amide bonds. The molecule has 3 aromatic rings. The van der Waals surface area contributed by atoms with Crippen LogP contribution in [0.15, 0.2) is 71.6 Å². The minimum absolute atomic E-state index is 0.00259. The molecule has 2 aromatic carbocycles. The molecule has 0 radical (unpaired) electrons. The average Bonchev–Trinajstić information content (AvgIpc) is 3.13. The number of nitrogens with one attached hydrogen (secondary N) is 1. The van der Waals surface area contributed by atoms with Gasteiger partial charge in [0, 0.05) is 5.69 Å². The zero-order valence-electron chi connectivity index (χ0n) is 14.3. The average molecular weight is 436 g/mol. The van der Waals surface area contributed by atoms with E-state index in [1.165, 1.54) is 24.3 Å². The monoisotopic (exact) mass is 435 g/mol. The molecule has 0 atom stereocenters. The highest BCUT2D eigenvalue weighted by Crippen LogP contribution is 2.22. The van der Waals surface area contributed by atoms with Crippen LogP contribution in [-0.4, -0.2) is 26.8 Å². The molecule has 3 rings (SSSR count). The van der Waals surface area contributed by atoms with Gasteiger partial charge in [-0.25, -0.2) is 13.2 Å². The maximum atomic E-state index is 12.4. The molecule has 0 aliphatic rings. The van der Waals surface area contributed by atoms with Crippen molar-refractivity contribution in [2.24, 2.45) is 0 Å². The molecule has 28 heavy (non-hydrogen) atoms. The first-order chi connectivity index (χ1) is 13.3. The van der Waals surface area contributed by atoms with Crippen LogP contribution in [0.3, 0.4) is 0 Å². The molecule has 0 spiro atoms.